The highest BCUT2D eigenvalue weighted by Crippen LogP contribution is 2.23. The molecule has 0 aromatic heterocycles. The predicted molar refractivity (Wildman–Crippen MR) is 98.2 cm³/mol. The third-order valence-corrected chi connectivity index (χ3v) is 4.73. The molecule has 0 atom stereocenters. The molecule has 2 rings (SSSR count). The van der Waals surface area contributed by atoms with E-state index in [-0.39, 0.29) is 29.9 Å². The Labute approximate surface area is 151 Å². The van der Waals surface area contributed by atoms with Crippen LogP contribution in [0.4, 0.5) is 4.39 Å². The smallest absolute Gasteiger partial charge is 0.252 e. The molecule has 0 fully saturated rings. The first-order valence-electron chi connectivity index (χ1n) is 7.83. The molecule has 0 saturated heterocycles. The summed E-state index contributed by atoms with van der Waals surface area (Å²) in [6.07, 6.45) is 0. The number of nitrogens with zero attached hydrogens (tertiary/aromatic N) is 1. The van der Waals surface area contributed by atoms with E-state index in [2.05, 4.69) is 5.32 Å². The standard InChI is InChI=1S/C19H21FN2O2S/c1-13-8-9-14(10-16(13)20)11-21-19(24)15-6-4-5-7-17(15)25-12-18(23)22(2)3/h4-10H,11-12H2,1-3H3,(H,21,24). The Bertz CT molecular complexity index is 778. The van der Waals surface area contributed by atoms with Crippen LogP contribution in [0.1, 0.15) is 21.5 Å². The highest BCUT2D eigenvalue weighted by Gasteiger charge is 2.13. The molecule has 0 radical (unpaired) electrons. The largest absolute Gasteiger partial charge is 0.348 e. The minimum Gasteiger partial charge on any atom is -0.348 e. The van der Waals surface area contributed by atoms with E-state index < -0.39 is 0 Å². The normalized spacial score (nSPS) is 10.4. The minimum atomic E-state index is -0.287. The lowest BCUT2D eigenvalue weighted by molar-refractivity contribution is -0.125. The maximum atomic E-state index is 13.6. The fraction of sp³-hybridized carbons (Fsp3) is 0.263. The SMILES string of the molecule is Cc1ccc(CNC(=O)c2ccccc2SCC(=O)N(C)C)cc1F. The van der Waals surface area contributed by atoms with E-state index in [1.54, 1.807) is 45.3 Å². The van der Waals surface area contributed by atoms with Crippen molar-refractivity contribution in [2.75, 3.05) is 19.8 Å². The number of thioether (sulfide) groups is 1. The Kier molecular flexibility index (Phi) is 6.58. The zero-order chi connectivity index (χ0) is 18.4. The fourth-order valence-corrected chi connectivity index (χ4v) is 3.10. The van der Waals surface area contributed by atoms with Gasteiger partial charge >= 0.3 is 0 Å². The molecule has 0 aliphatic carbocycles. The van der Waals surface area contributed by atoms with E-state index in [4.69, 9.17) is 0 Å². The highest BCUT2D eigenvalue weighted by molar-refractivity contribution is 8.00. The quantitative estimate of drug-likeness (QED) is 0.805. The molecule has 132 valence electrons. The summed E-state index contributed by atoms with van der Waals surface area (Å²) in [5, 5.41) is 2.80. The maximum Gasteiger partial charge on any atom is 0.252 e. The van der Waals surface area contributed by atoms with Gasteiger partial charge in [-0.2, -0.15) is 0 Å². The van der Waals surface area contributed by atoms with Gasteiger partial charge in [-0.25, -0.2) is 4.39 Å². The molecule has 2 aromatic rings. The van der Waals surface area contributed by atoms with Gasteiger partial charge in [0, 0.05) is 25.5 Å². The number of nitrogens with one attached hydrogen (secondary N) is 1. The van der Waals surface area contributed by atoms with Crippen molar-refractivity contribution >= 4 is 23.6 Å². The summed E-state index contributed by atoms with van der Waals surface area (Å²) < 4.78 is 13.6. The predicted octanol–water partition coefficient (Wildman–Crippen LogP) is 3.24. The Balaban J connectivity index is 2.03. The highest BCUT2D eigenvalue weighted by atomic mass is 32.2. The van der Waals surface area contributed by atoms with E-state index in [1.807, 2.05) is 12.1 Å². The maximum absolute atomic E-state index is 13.6. The van der Waals surface area contributed by atoms with Gasteiger partial charge in [0.05, 0.1) is 11.3 Å². The second-order valence-electron chi connectivity index (χ2n) is 5.84. The van der Waals surface area contributed by atoms with E-state index in [1.165, 1.54) is 22.7 Å². The van der Waals surface area contributed by atoms with Crippen LogP contribution in [-0.4, -0.2) is 36.6 Å². The van der Waals surface area contributed by atoms with Gasteiger partial charge in [0.1, 0.15) is 5.82 Å². The topological polar surface area (TPSA) is 49.4 Å². The number of carbonyl (C=O) groups excluding carboxylic acids is 2. The number of rotatable bonds is 6. The average Bonchev–Trinajstić information content (AvgIpc) is 2.60. The lowest BCUT2D eigenvalue weighted by Crippen LogP contribution is -2.25. The molecular formula is C19H21FN2O2S. The fourth-order valence-electron chi connectivity index (χ4n) is 2.07. The molecule has 0 heterocycles. The summed E-state index contributed by atoms with van der Waals surface area (Å²) in [5.74, 6) is -0.290. The summed E-state index contributed by atoms with van der Waals surface area (Å²) in [7, 11) is 3.39. The molecule has 0 unspecified atom stereocenters. The molecule has 0 bridgehead atoms. The van der Waals surface area contributed by atoms with Crippen molar-refractivity contribution in [2.45, 2.75) is 18.4 Å². The molecule has 0 spiro atoms. The number of amides is 2. The zero-order valence-electron chi connectivity index (χ0n) is 14.5. The molecule has 0 aliphatic heterocycles. The molecule has 0 saturated carbocycles. The van der Waals surface area contributed by atoms with Crippen molar-refractivity contribution in [1.29, 1.82) is 0 Å². The van der Waals surface area contributed by atoms with Crippen LogP contribution >= 0.6 is 11.8 Å². The van der Waals surface area contributed by atoms with Gasteiger partial charge in [-0.05, 0) is 36.2 Å². The van der Waals surface area contributed by atoms with E-state index in [0.29, 0.717) is 16.7 Å². The van der Waals surface area contributed by atoms with Crippen LogP contribution < -0.4 is 5.32 Å². The first-order chi connectivity index (χ1) is 11.9. The van der Waals surface area contributed by atoms with Crippen LogP contribution in [0.5, 0.6) is 0 Å². The minimum absolute atomic E-state index is 0.0182. The molecular weight excluding hydrogens is 339 g/mol. The van der Waals surface area contributed by atoms with Gasteiger partial charge in [0.25, 0.3) is 5.91 Å². The van der Waals surface area contributed by atoms with Crippen LogP contribution in [0.25, 0.3) is 0 Å². The van der Waals surface area contributed by atoms with Gasteiger partial charge in [-0.15, -0.1) is 11.8 Å². The van der Waals surface area contributed by atoms with E-state index in [9.17, 15) is 14.0 Å². The van der Waals surface area contributed by atoms with Crippen LogP contribution in [0.3, 0.4) is 0 Å². The molecule has 4 nitrogen and oxygen atoms in total. The van der Waals surface area contributed by atoms with Crippen LogP contribution in [0, 0.1) is 12.7 Å². The summed E-state index contributed by atoms with van der Waals surface area (Å²) in [4.78, 5) is 26.4. The summed E-state index contributed by atoms with van der Waals surface area (Å²) >= 11 is 1.33. The monoisotopic (exact) mass is 360 g/mol. The summed E-state index contributed by atoms with van der Waals surface area (Å²) in [6, 6.07) is 12.0. The Hall–Kier alpha value is -2.34. The van der Waals surface area contributed by atoms with Crippen LogP contribution in [0.15, 0.2) is 47.4 Å². The van der Waals surface area contributed by atoms with Crippen molar-refractivity contribution in [1.82, 2.24) is 10.2 Å². The van der Waals surface area contributed by atoms with Gasteiger partial charge in [0.15, 0.2) is 0 Å². The van der Waals surface area contributed by atoms with Crippen molar-refractivity contribution in [3.05, 3.63) is 65.0 Å². The third kappa shape index (κ3) is 5.32. The molecule has 6 heteroatoms. The number of hydrogen-bond donors (Lipinski definition) is 1. The number of halogens is 1. The lowest BCUT2D eigenvalue weighted by Gasteiger charge is -2.12. The summed E-state index contributed by atoms with van der Waals surface area (Å²) in [6.45, 7) is 1.94. The zero-order valence-corrected chi connectivity index (χ0v) is 15.3. The van der Waals surface area contributed by atoms with Crippen molar-refractivity contribution < 1.29 is 14.0 Å². The molecule has 25 heavy (non-hydrogen) atoms. The second kappa shape index (κ2) is 8.67. The van der Waals surface area contributed by atoms with Crippen molar-refractivity contribution in [3.63, 3.8) is 0 Å². The van der Waals surface area contributed by atoms with Gasteiger partial charge in [-0.3, -0.25) is 9.59 Å². The Morgan fingerprint density at radius 1 is 1.16 bits per heavy atom. The van der Waals surface area contributed by atoms with E-state index >= 15 is 0 Å². The van der Waals surface area contributed by atoms with Crippen LogP contribution in [0.2, 0.25) is 0 Å². The van der Waals surface area contributed by atoms with E-state index in [0.717, 1.165) is 4.90 Å². The Morgan fingerprint density at radius 2 is 1.88 bits per heavy atom. The van der Waals surface area contributed by atoms with Gasteiger partial charge < -0.3 is 10.2 Å². The summed E-state index contributed by atoms with van der Waals surface area (Å²) in [5.41, 5.74) is 1.78. The molecule has 1 N–H and O–H groups in total. The first kappa shape index (κ1) is 19.0. The molecule has 0 aliphatic rings. The molecule has 2 aromatic carbocycles. The van der Waals surface area contributed by atoms with Gasteiger partial charge in [0.2, 0.25) is 5.91 Å². The average molecular weight is 360 g/mol. The number of benzene rings is 2. The third-order valence-electron chi connectivity index (χ3n) is 3.67. The van der Waals surface area contributed by atoms with Crippen LogP contribution in [-0.2, 0) is 11.3 Å². The first-order valence-corrected chi connectivity index (χ1v) is 8.82. The van der Waals surface area contributed by atoms with Crippen molar-refractivity contribution in [3.8, 4) is 0 Å². The second-order valence-corrected chi connectivity index (χ2v) is 6.86. The number of carbonyl (C=O) groups is 2. The molecule has 2 amide bonds. The van der Waals surface area contributed by atoms with Crippen molar-refractivity contribution in [2.24, 2.45) is 0 Å². The lowest BCUT2D eigenvalue weighted by atomic mass is 10.1. The van der Waals surface area contributed by atoms with Gasteiger partial charge in [-0.1, -0.05) is 24.3 Å². The Morgan fingerprint density at radius 3 is 2.56 bits per heavy atom. The number of aryl methyl sites for hydroxylation is 1. The number of hydrogen-bond acceptors (Lipinski definition) is 3.